The van der Waals surface area contributed by atoms with Crippen molar-refractivity contribution in [1.82, 2.24) is 10.2 Å². The van der Waals surface area contributed by atoms with Gasteiger partial charge < -0.3 is 9.52 Å². The molecule has 0 saturated carbocycles. The van der Waals surface area contributed by atoms with Crippen molar-refractivity contribution in [3.8, 4) is 11.5 Å². The zero-order chi connectivity index (χ0) is 14.7. The second-order valence-corrected chi connectivity index (χ2v) is 3.54. The number of rotatable bonds is 4. The maximum Gasteiger partial charge on any atom is 0.328 e. The predicted octanol–water partition coefficient (Wildman–Crippen LogP) is 1.88. The Balaban J connectivity index is 2.42. The van der Waals surface area contributed by atoms with Gasteiger partial charge in [0.2, 0.25) is 5.89 Å². The molecule has 20 heavy (non-hydrogen) atoms. The molecule has 0 aliphatic heterocycles. The van der Waals surface area contributed by atoms with E-state index in [0.717, 1.165) is 30.4 Å². The molecule has 9 heteroatoms. The number of nitrogens with zero attached hydrogens (tertiary/aromatic N) is 3. The van der Waals surface area contributed by atoms with Crippen molar-refractivity contribution >= 4 is 17.7 Å². The fourth-order valence-electron chi connectivity index (χ4n) is 1.39. The first-order valence-corrected chi connectivity index (χ1v) is 5.16. The summed E-state index contributed by atoms with van der Waals surface area (Å²) in [5.41, 5.74) is -0.582. The van der Waals surface area contributed by atoms with E-state index in [4.69, 9.17) is 9.52 Å². The van der Waals surface area contributed by atoms with Crippen molar-refractivity contribution in [2.75, 3.05) is 0 Å². The average molecular weight is 279 g/mol. The summed E-state index contributed by atoms with van der Waals surface area (Å²) in [4.78, 5) is 20.4. The number of carbonyl (C=O) groups is 1. The van der Waals surface area contributed by atoms with Crippen molar-refractivity contribution < 1.29 is 23.6 Å². The van der Waals surface area contributed by atoms with E-state index in [9.17, 15) is 19.3 Å². The number of aromatic nitrogens is 2. The van der Waals surface area contributed by atoms with E-state index in [1.54, 1.807) is 0 Å². The number of carboxylic acid groups (broad SMARTS) is 1. The third-order valence-electron chi connectivity index (χ3n) is 2.20. The van der Waals surface area contributed by atoms with Crippen LogP contribution in [0.4, 0.5) is 10.1 Å². The van der Waals surface area contributed by atoms with Gasteiger partial charge in [-0.15, -0.1) is 10.2 Å². The molecule has 1 heterocycles. The lowest BCUT2D eigenvalue weighted by Gasteiger charge is -1.97. The molecule has 0 atom stereocenters. The minimum atomic E-state index is -1.21. The molecule has 1 N–H and O–H groups in total. The standard InChI is InChI=1S/C11H6FN3O5/c12-6-1-2-7(8(5-6)15(18)19)11-14-13-9(20-11)3-4-10(16)17/h1-5H,(H,16,17)/b4-3+. The number of nitro benzene ring substituents is 1. The molecule has 1 aromatic heterocycles. The number of nitro groups is 1. The largest absolute Gasteiger partial charge is 0.478 e. The molecule has 0 aliphatic rings. The van der Waals surface area contributed by atoms with Crippen LogP contribution in [0.3, 0.4) is 0 Å². The average Bonchev–Trinajstić information content (AvgIpc) is 2.84. The van der Waals surface area contributed by atoms with Crippen LogP contribution < -0.4 is 0 Å². The Morgan fingerprint density at radius 2 is 2.20 bits per heavy atom. The smallest absolute Gasteiger partial charge is 0.328 e. The highest BCUT2D eigenvalue weighted by Crippen LogP contribution is 2.29. The lowest BCUT2D eigenvalue weighted by molar-refractivity contribution is -0.384. The molecule has 0 aliphatic carbocycles. The molecule has 0 saturated heterocycles. The van der Waals surface area contributed by atoms with E-state index in [0.29, 0.717) is 0 Å². The molecule has 0 fully saturated rings. The molecule has 0 amide bonds. The second kappa shape index (κ2) is 5.26. The maximum atomic E-state index is 13.0. The summed E-state index contributed by atoms with van der Waals surface area (Å²) in [6.07, 6.45) is 1.81. The van der Waals surface area contributed by atoms with Gasteiger partial charge in [-0.05, 0) is 12.1 Å². The second-order valence-electron chi connectivity index (χ2n) is 3.54. The molecule has 0 unspecified atom stereocenters. The van der Waals surface area contributed by atoms with Gasteiger partial charge >= 0.3 is 5.97 Å². The van der Waals surface area contributed by atoms with E-state index in [1.807, 2.05) is 0 Å². The van der Waals surface area contributed by atoms with Gasteiger partial charge in [-0.25, -0.2) is 9.18 Å². The molecule has 0 radical (unpaired) electrons. The first-order valence-electron chi connectivity index (χ1n) is 5.16. The first-order chi connectivity index (χ1) is 9.47. The van der Waals surface area contributed by atoms with Crippen LogP contribution in [-0.4, -0.2) is 26.2 Å². The summed E-state index contributed by atoms with van der Waals surface area (Å²) in [5, 5.41) is 26.3. The van der Waals surface area contributed by atoms with E-state index in [1.165, 1.54) is 0 Å². The molecule has 8 nitrogen and oxygen atoms in total. The molecule has 102 valence electrons. The van der Waals surface area contributed by atoms with Crippen LogP contribution in [0.25, 0.3) is 17.5 Å². The molecular weight excluding hydrogens is 273 g/mol. The van der Waals surface area contributed by atoms with Gasteiger partial charge in [0.1, 0.15) is 11.4 Å². The Hall–Kier alpha value is -3.10. The number of benzene rings is 1. The SMILES string of the molecule is O=C(O)/C=C/c1nnc(-c2ccc(F)cc2[N+](=O)[O-])o1. The summed E-state index contributed by atoms with van der Waals surface area (Å²) >= 11 is 0. The van der Waals surface area contributed by atoms with Gasteiger partial charge in [0.05, 0.1) is 11.0 Å². The molecular formula is C11H6FN3O5. The Morgan fingerprint density at radius 3 is 2.85 bits per heavy atom. The predicted molar refractivity (Wildman–Crippen MR) is 63.0 cm³/mol. The molecule has 2 rings (SSSR count). The van der Waals surface area contributed by atoms with Gasteiger partial charge in [0.15, 0.2) is 0 Å². The summed E-state index contributed by atoms with van der Waals surface area (Å²) in [5.74, 6) is -2.33. The summed E-state index contributed by atoms with van der Waals surface area (Å²) in [7, 11) is 0. The van der Waals surface area contributed by atoms with Gasteiger partial charge in [-0.3, -0.25) is 10.1 Å². The summed E-state index contributed by atoms with van der Waals surface area (Å²) < 4.78 is 18.0. The third kappa shape index (κ3) is 2.83. The summed E-state index contributed by atoms with van der Waals surface area (Å²) in [6, 6.07) is 2.87. The van der Waals surface area contributed by atoms with Crippen LogP contribution in [0.1, 0.15) is 5.89 Å². The number of aliphatic carboxylic acids is 1. The van der Waals surface area contributed by atoms with Crippen LogP contribution in [0.5, 0.6) is 0 Å². The summed E-state index contributed by atoms with van der Waals surface area (Å²) in [6.45, 7) is 0. The number of halogens is 1. The third-order valence-corrected chi connectivity index (χ3v) is 2.20. The van der Waals surface area contributed by atoms with E-state index in [-0.39, 0.29) is 17.3 Å². The lowest BCUT2D eigenvalue weighted by atomic mass is 10.2. The fourth-order valence-corrected chi connectivity index (χ4v) is 1.39. The zero-order valence-corrected chi connectivity index (χ0v) is 9.69. The topological polar surface area (TPSA) is 119 Å². The monoisotopic (exact) mass is 279 g/mol. The first kappa shape index (κ1) is 13.3. The van der Waals surface area contributed by atoms with Crippen LogP contribution >= 0.6 is 0 Å². The normalized spacial score (nSPS) is 10.8. The van der Waals surface area contributed by atoms with Crippen LogP contribution in [0.15, 0.2) is 28.7 Å². The Labute approximate surface area is 110 Å². The van der Waals surface area contributed by atoms with Crippen molar-refractivity contribution in [2.24, 2.45) is 0 Å². The van der Waals surface area contributed by atoms with E-state index < -0.39 is 22.4 Å². The van der Waals surface area contributed by atoms with Gasteiger partial charge in [-0.2, -0.15) is 0 Å². The number of carboxylic acids is 1. The number of hydrogen-bond acceptors (Lipinski definition) is 6. The molecule has 0 bridgehead atoms. The Morgan fingerprint density at radius 1 is 1.45 bits per heavy atom. The van der Waals surface area contributed by atoms with Crippen molar-refractivity contribution in [2.45, 2.75) is 0 Å². The highest BCUT2D eigenvalue weighted by atomic mass is 19.1. The number of hydrogen-bond donors (Lipinski definition) is 1. The van der Waals surface area contributed by atoms with Gasteiger partial charge in [-0.1, -0.05) is 0 Å². The van der Waals surface area contributed by atoms with Gasteiger partial charge in [0, 0.05) is 12.2 Å². The fraction of sp³-hybridized carbons (Fsp3) is 0. The minimum absolute atomic E-state index is 0.0566. The van der Waals surface area contributed by atoms with E-state index >= 15 is 0 Å². The Kier molecular flexibility index (Phi) is 3.51. The van der Waals surface area contributed by atoms with Crippen molar-refractivity contribution in [3.63, 3.8) is 0 Å². The highest BCUT2D eigenvalue weighted by molar-refractivity contribution is 5.84. The molecule has 1 aromatic carbocycles. The van der Waals surface area contributed by atoms with Gasteiger partial charge in [0.25, 0.3) is 11.6 Å². The highest BCUT2D eigenvalue weighted by Gasteiger charge is 2.20. The van der Waals surface area contributed by atoms with Crippen molar-refractivity contribution in [3.05, 3.63) is 46.1 Å². The minimum Gasteiger partial charge on any atom is -0.478 e. The van der Waals surface area contributed by atoms with Crippen LogP contribution in [0.2, 0.25) is 0 Å². The van der Waals surface area contributed by atoms with Crippen molar-refractivity contribution in [1.29, 1.82) is 0 Å². The lowest BCUT2D eigenvalue weighted by Crippen LogP contribution is -1.93. The molecule has 0 spiro atoms. The van der Waals surface area contributed by atoms with E-state index in [2.05, 4.69) is 10.2 Å². The quantitative estimate of drug-likeness (QED) is 0.515. The molecule has 2 aromatic rings. The zero-order valence-electron chi connectivity index (χ0n) is 9.69. The maximum absolute atomic E-state index is 13.0. The Bertz CT molecular complexity index is 710. The van der Waals surface area contributed by atoms with Crippen LogP contribution in [0, 0.1) is 15.9 Å². The van der Waals surface area contributed by atoms with Crippen LogP contribution in [-0.2, 0) is 4.79 Å².